The maximum atomic E-state index is 13.2. The first-order valence-corrected chi connectivity index (χ1v) is 9.67. The molecule has 0 heterocycles. The van der Waals surface area contributed by atoms with Crippen molar-refractivity contribution in [3.05, 3.63) is 58.9 Å². The average Bonchev–Trinajstić information content (AvgIpc) is 2.55. The number of carbonyl (C=O) groups excluding carboxylic acids is 1. The third kappa shape index (κ3) is 4.74. The van der Waals surface area contributed by atoms with Gasteiger partial charge in [-0.2, -0.15) is 0 Å². The van der Waals surface area contributed by atoms with Crippen LogP contribution in [0.5, 0.6) is 0 Å². The van der Waals surface area contributed by atoms with Crippen LogP contribution in [-0.2, 0) is 19.6 Å². The summed E-state index contributed by atoms with van der Waals surface area (Å²) in [6, 6.07) is 9.00. The van der Waals surface area contributed by atoms with Gasteiger partial charge in [-0.1, -0.05) is 11.6 Å². The lowest BCUT2D eigenvalue weighted by molar-refractivity contribution is -0.145. The van der Waals surface area contributed by atoms with E-state index < -0.39 is 28.4 Å². The van der Waals surface area contributed by atoms with Crippen LogP contribution in [-0.4, -0.2) is 27.0 Å². The minimum absolute atomic E-state index is 0.135. The Bertz CT molecular complexity index is 898. The molecule has 0 atom stereocenters. The van der Waals surface area contributed by atoms with E-state index in [0.717, 1.165) is 28.6 Å². The van der Waals surface area contributed by atoms with Crippen LogP contribution in [0.25, 0.3) is 0 Å². The fraction of sp³-hybridized carbons (Fsp3) is 0.278. The highest BCUT2D eigenvalue weighted by atomic mass is 35.5. The van der Waals surface area contributed by atoms with E-state index in [1.807, 2.05) is 0 Å². The molecule has 2 rings (SSSR count). The summed E-state index contributed by atoms with van der Waals surface area (Å²) in [6.45, 7) is 4.55. The van der Waals surface area contributed by atoms with E-state index in [4.69, 9.17) is 16.3 Å². The predicted octanol–water partition coefficient (Wildman–Crippen LogP) is 3.93. The van der Waals surface area contributed by atoms with Crippen LogP contribution in [0.1, 0.15) is 19.4 Å². The molecule has 0 aromatic heterocycles. The SMILES string of the molecule is Cc1cc(N(CC(=O)OC(C)C)S(=O)(=O)c2ccc(F)cc2)ccc1Cl. The van der Waals surface area contributed by atoms with E-state index >= 15 is 0 Å². The van der Waals surface area contributed by atoms with Gasteiger partial charge >= 0.3 is 5.97 Å². The minimum atomic E-state index is -4.11. The lowest BCUT2D eigenvalue weighted by atomic mass is 10.2. The Hall–Kier alpha value is -2.12. The standard InChI is InChI=1S/C18H19ClFNO4S/c1-12(2)25-18(22)11-21(15-6-9-17(19)13(3)10-15)26(23,24)16-7-4-14(20)5-8-16/h4-10,12H,11H2,1-3H3. The quantitative estimate of drug-likeness (QED) is 0.690. The van der Waals surface area contributed by atoms with Gasteiger partial charge in [-0.25, -0.2) is 12.8 Å². The molecule has 0 aliphatic rings. The lowest BCUT2D eigenvalue weighted by Gasteiger charge is -2.24. The number of hydrogen-bond acceptors (Lipinski definition) is 4. The second kappa shape index (κ2) is 8.05. The molecule has 0 spiro atoms. The first-order valence-electron chi connectivity index (χ1n) is 7.85. The van der Waals surface area contributed by atoms with E-state index in [1.165, 1.54) is 6.07 Å². The van der Waals surface area contributed by atoms with Crippen LogP contribution >= 0.6 is 11.6 Å². The molecule has 0 aliphatic carbocycles. The monoisotopic (exact) mass is 399 g/mol. The van der Waals surface area contributed by atoms with Crippen molar-refractivity contribution in [2.45, 2.75) is 31.8 Å². The number of carbonyl (C=O) groups is 1. The van der Waals surface area contributed by atoms with Crippen LogP contribution in [0, 0.1) is 12.7 Å². The van der Waals surface area contributed by atoms with Gasteiger partial charge in [-0.15, -0.1) is 0 Å². The normalized spacial score (nSPS) is 11.5. The summed E-state index contributed by atoms with van der Waals surface area (Å²) in [6.07, 6.45) is -0.384. The van der Waals surface area contributed by atoms with Crippen molar-refractivity contribution in [2.24, 2.45) is 0 Å². The highest BCUT2D eigenvalue weighted by Gasteiger charge is 2.28. The molecule has 0 aliphatic heterocycles. The second-order valence-electron chi connectivity index (χ2n) is 5.94. The highest BCUT2D eigenvalue weighted by Crippen LogP contribution is 2.27. The maximum Gasteiger partial charge on any atom is 0.327 e. The number of halogens is 2. The Morgan fingerprint density at radius 2 is 1.81 bits per heavy atom. The zero-order chi connectivity index (χ0) is 19.5. The Morgan fingerprint density at radius 1 is 1.19 bits per heavy atom. The lowest BCUT2D eigenvalue weighted by Crippen LogP contribution is -2.37. The Labute approximate surface area is 157 Å². The molecule has 0 fully saturated rings. The van der Waals surface area contributed by atoms with Crippen LogP contribution in [0.2, 0.25) is 5.02 Å². The van der Waals surface area contributed by atoms with Gasteiger partial charge in [0.15, 0.2) is 0 Å². The fourth-order valence-corrected chi connectivity index (χ4v) is 3.77. The van der Waals surface area contributed by atoms with Crippen molar-refractivity contribution in [3.63, 3.8) is 0 Å². The first kappa shape index (κ1) is 20.2. The second-order valence-corrected chi connectivity index (χ2v) is 8.21. The van der Waals surface area contributed by atoms with Crippen molar-refractivity contribution >= 4 is 33.3 Å². The zero-order valence-corrected chi connectivity index (χ0v) is 16.1. The summed E-state index contributed by atoms with van der Waals surface area (Å²) in [5, 5.41) is 0.470. The molecule has 0 bridgehead atoms. The number of anilines is 1. The number of nitrogens with zero attached hydrogens (tertiary/aromatic N) is 1. The van der Waals surface area contributed by atoms with Crippen molar-refractivity contribution in [1.29, 1.82) is 0 Å². The Morgan fingerprint density at radius 3 is 2.35 bits per heavy atom. The number of benzene rings is 2. The molecule has 0 radical (unpaired) electrons. The van der Waals surface area contributed by atoms with Crippen LogP contribution in [0.3, 0.4) is 0 Å². The molecule has 0 saturated carbocycles. The van der Waals surface area contributed by atoms with E-state index in [-0.39, 0.29) is 16.7 Å². The molecular weight excluding hydrogens is 381 g/mol. The van der Waals surface area contributed by atoms with E-state index in [2.05, 4.69) is 0 Å². The van der Waals surface area contributed by atoms with E-state index in [0.29, 0.717) is 10.6 Å². The zero-order valence-electron chi connectivity index (χ0n) is 14.6. The molecule has 0 unspecified atom stereocenters. The summed E-state index contributed by atoms with van der Waals surface area (Å²) in [5.74, 6) is -1.25. The minimum Gasteiger partial charge on any atom is -0.462 e. The van der Waals surface area contributed by atoms with Crippen molar-refractivity contribution < 1.29 is 22.3 Å². The first-order chi connectivity index (χ1) is 12.1. The van der Waals surface area contributed by atoms with Gasteiger partial charge < -0.3 is 4.74 Å². The maximum absolute atomic E-state index is 13.2. The molecule has 0 N–H and O–H groups in total. The Kier molecular flexibility index (Phi) is 6.26. The highest BCUT2D eigenvalue weighted by molar-refractivity contribution is 7.92. The van der Waals surface area contributed by atoms with E-state index in [9.17, 15) is 17.6 Å². The summed E-state index contributed by atoms with van der Waals surface area (Å²) in [4.78, 5) is 12.0. The molecule has 2 aromatic rings. The number of rotatable bonds is 6. The summed E-state index contributed by atoms with van der Waals surface area (Å²) in [7, 11) is -4.11. The Balaban J connectivity index is 2.49. The fourth-order valence-electron chi connectivity index (χ4n) is 2.25. The van der Waals surface area contributed by atoms with Gasteiger partial charge in [-0.05, 0) is 68.8 Å². The molecular formula is C18H19ClFNO4S. The molecule has 0 amide bonds. The largest absolute Gasteiger partial charge is 0.462 e. The number of esters is 1. The van der Waals surface area contributed by atoms with Crippen molar-refractivity contribution in [1.82, 2.24) is 0 Å². The van der Waals surface area contributed by atoms with E-state index in [1.54, 1.807) is 32.9 Å². The van der Waals surface area contributed by atoms with Gasteiger partial charge in [0.1, 0.15) is 12.4 Å². The summed E-state index contributed by atoms with van der Waals surface area (Å²) in [5.41, 5.74) is 0.914. The summed E-state index contributed by atoms with van der Waals surface area (Å²) >= 11 is 6.01. The van der Waals surface area contributed by atoms with Crippen LogP contribution in [0.4, 0.5) is 10.1 Å². The average molecular weight is 400 g/mol. The molecule has 0 saturated heterocycles. The molecule has 5 nitrogen and oxygen atoms in total. The number of hydrogen-bond donors (Lipinski definition) is 0. The van der Waals surface area contributed by atoms with Crippen LogP contribution < -0.4 is 4.31 Å². The van der Waals surface area contributed by atoms with Gasteiger partial charge in [0.05, 0.1) is 16.7 Å². The molecule has 8 heteroatoms. The van der Waals surface area contributed by atoms with Crippen molar-refractivity contribution in [3.8, 4) is 0 Å². The van der Waals surface area contributed by atoms with Gasteiger partial charge in [-0.3, -0.25) is 9.10 Å². The number of sulfonamides is 1. The molecule has 140 valence electrons. The number of aryl methyl sites for hydroxylation is 1. The summed E-state index contributed by atoms with van der Waals surface area (Å²) < 4.78 is 45.2. The predicted molar refractivity (Wildman–Crippen MR) is 98.3 cm³/mol. The third-order valence-electron chi connectivity index (χ3n) is 3.47. The van der Waals surface area contributed by atoms with Gasteiger partial charge in [0.2, 0.25) is 0 Å². The van der Waals surface area contributed by atoms with Gasteiger partial charge in [0, 0.05) is 5.02 Å². The number of ether oxygens (including phenoxy) is 1. The topological polar surface area (TPSA) is 63.7 Å². The van der Waals surface area contributed by atoms with Gasteiger partial charge in [0.25, 0.3) is 10.0 Å². The molecule has 2 aromatic carbocycles. The smallest absolute Gasteiger partial charge is 0.327 e. The molecule has 26 heavy (non-hydrogen) atoms. The van der Waals surface area contributed by atoms with Crippen LogP contribution in [0.15, 0.2) is 47.4 Å². The third-order valence-corrected chi connectivity index (χ3v) is 5.68. The van der Waals surface area contributed by atoms with Crippen molar-refractivity contribution in [2.75, 3.05) is 10.8 Å².